The summed E-state index contributed by atoms with van der Waals surface area (Å²) in [5.41, 5.74) is 4.49. The summed E-state index contributed by atoms with van der Waals surface area (Å²) in [5, 5.41) is 16.3. The largest absolute Gasteiger partial charge is 0.506 e. The normalized spacial score (nSPS) is 14.9. The Labute approximate surface area is 117 Å². The Bertz CT molecular complexity index is 706. The lowest BCUT2D eigenvalue weighted by molar-refractivity contribution is 0.399. The Morgan fingerprint density at radius 3 is 2.90 bits per heavy atom. The van der Waals surface area contributed by atoms with Gasteiger partial charge in [-0.3, -0.25) is 9.97 Å². The van der Waals surface area contributed by atoms with Crippen molar-refractivity contribution in [2.45, 2.75) is 13.5 Å². The summed E-state index contributed by atoms with van der Waals surface area (Å²) in [5.74, 6) is 0.323. The molecule has 0 saturated heterocycles. The van der Waals surface area contributed by atoms with Gasteiger partial charge < -0.3 is 15.7 Å². The fourth-order valence-corrected chi connectivity index (χ4v) is 2.14. The summed E-state index contributed by atoms with van der Waals surface area (Å²) in [6, 6.07) is 5.96. The molecule has 1 aliphatic rings. The van der Waals surface area contributed by atoms with Crippen molar-refractivity contribution >= 4 is 11.0 Å². The minimum absolute atomic E-state index is 0.323. The van der Waals surface area contributed by atoms with Crippen LogP contribution in [0.15, 0.2) is 53.8 Å². The fraction of sp³-hybridized carbons (Fsp3) is 0.200. The van der Waals surface area contributed by atoms with Crippen LogP contribution in [0.2, 0.25) is 0 Å². The predicted octanol–water partition coefficient (Wildman–Crippen LogP) is 2.00. The van der Waals surface area contributed by atoms with Crippen LogP contribution in [0, 0.1) is 0 Å². The van der Waals surface area contributed by atoms with Crippen molar-refractivity contribution in [3.63, 3.8) is 0 Å². The number of aliphatic hydroxyl groups is 1. The van der Waals surface area contributed by atoms with Crippen molar-refractivity contribution in [1.82, 2.24) is 20.6 Å². The molecule has 0 radical (unpaired) electrons. The molecule has 0 spiro atoms. The first-order valence-corrected chi connectivity index (χ1v) is 6.50. The van der Waals surface area contributed by atoms with Gasteiger partial charge in [-0.2, -0.15) is 0 Å². The third-order valence-corrected chi connectivity index (χ3v) is 3.29. The van der Waals surface area contributed by atoms with E-state index in [2.05, 4.69) is 20.6 Å². The van der Waals surface area contributed by atoms with Crippen molar-refractivity contribution in [2.24, 2.45) is 0 Å². The number of fused-ring (bicyclic) bond motifs is 1. The average Bonchev–Trinajstić information content (AvgIpc) is 2.48. The number of benzene rings is 1. The number of hydrogen-bond acceptors (Lipinski definition) is 5. The van der Waals surface area contributed by atoms with Crippen molar-refractivity contribution in [2.75, 3.05) is 6.54 Å². The molecule has 102 valence electrons. The van der Waals surface area contributed by atoms with E-state index in [1.54, 1.807) is 18.6 Å². The molecular weight excluding hydrogens is 252 g/mol. The Hall–Kier alpha value is -2.56. The van der Waals surface area contributed by atoms with Gasteiger partial charge in [-0.15, -0.1) is 0 Å². The zero-order chi connectivity index (χ0) is 13.9. The minimum Gasteiger partial charge on any atom is -0.506 e. The molecule has 5 heteroatoms. The molecule has 5 nitrogen and oxygen atoms in total. The Morgan fingerprint density at radius 2 is 2.05 bits per heavy atom. The lowest BCUT2D eigenvalue weighted by Gasteiger charge is -2.18. The van der Waals surface area contributed by atoms with Gasteiger partial charge in [0.15, 0.2) is 0 Å². The van der Waals surface area contributed by atoms with Crippen LogP contribution in [0.3, 0.4) is 0 Å². The first-order valence-electron chi connectivity index (χ1n) is 6.50. The molecular formula is C15H16N4O. The topological polar surface area (TPSA) is 70.1 Å². The second-order valence-corrected chi connectivity index (χ2v) is 4.80. The van der Waals surface area contributed by atoms with Gasteiger partial charge in [0.25, 0.3) is 0 Å². The highest BCUT2D eigenvalue weighted by Crippen LogP contribution is 2.14. The lowest BCUT2D eigenvalue weighted by atomic mass is 10.1. The van der Waals surface area contributed by atoms with E-state index in [1.807, 2.05) is 25.1 Å². The molecule has 0 amide bonds. The smallest absolute Gasteiger partial charge is 0.140 e. The molecule has 20 heavy (non-hydrogen) atoms. The summed E-state index contributed by atoms with van der Waals surface area (Å²) < 4.78 is 0. The Kier molecular flexibility index (Phi) is 3.25. The summed E-state index contributed by atoms with van der Waals surface area (Å²) in [4.78, 5) is 8.53. The van der Waals surface area contributed by atoms with E-state index in [4.69, 9.17) is 0 Å². The molecule has 2 heterocycles. The molecule has 0 atom stereocenters. The number of aliphatic hydroxyl groups excluding tert-OH is 1. The van der Waals surface area contributed by atoms with Gasteiger partial charge in [0.2, 0.25) is 0 Å². The molecule has 1 aliphatic heterocycles. The zero-order valence-corrected chi connectivity index (χ0v) is 11.2. The standard InChI is InChI=1S/C15H16N4O/c1-10-7-16-9-14(15(10)20)19-8-11-2-3-12-13(6-11)18-5-4-17-12/h2-6,9,16,19-20H,7-8H2,1H3. The van der Waals surface area contributed by atoms with Crippen LogP contribution in [0.4, 0.5) is 0 Å². The van der Waals surface area contributed by atoms with E-state index >= 15 is 0 Å². The molecule has 1 aromatic heterocycles. The summed E-state index contributed by atoms with van der Waals surface area (Å²) in [6.45, 7) is 3.21. The number of aromatic nitrogens is 2. The van der Waals surface area contributed by atoms with Crippen molar-refractivity contribution in [3.05, 3.63) is 59.4 Å². The van der Waals surface area contributed by atoms with Crippen LogP contribution in [0.25, 0.3) is 11.0 Å². The van der Waals surface area contributed by atoms with E-state index in [9.17, 15) is 5.11 Å². The Balaban J connectivity index is 1.76. The van der Waals surface area contributed by atoms with Crippen LogP contribution >= 0.6 is 0 Å². The summed E-state index contributed by atoms with van der Waals surface area (Å²) >= 11 is 0. The molecule has 0 bridgehead atoms. The van der Waals surface area contributed by atoms with Gasteiger partial charge >= 0.3 is 0 Å². The fourth-order valence-electron chi connectivity index (χ4n) is 2.14. The number of dihydropyridines is 1. The second-order valence-electron chi connectivity index (χ2n) is 4.80. The van der Waals surface area contributed by atoms with E-state index in [1.165, 1.54) is 0 Å². The highest BCUT2D eigenvalue weighted by Gasteiger charge is 2.11. The number of rotatable bonds is 3. The maximum absolute atomic E-state index is 9.97. The highest BCUT2D eigenvalue weighted by atomic mass is 16.3. The van der Waals surface area contributed by atoms with Gasteiger partial charge in [-0.05, 0) is 30.2 Å². The molecule has 1 aromatic carbocycles. The van der Waals surface area contributed by atoms with Crippen LogP contribution < -0.4 is 10.6 Å². The molecule has 0 saturated carbocycles. The van der Waals surface area contributed by atoms with Crippen LogP contribution in [0.5, 0.6) is 0 Å². The third-order valence-electron chi connectivity index (χ3n) is 3.29. The molecule has 3 rings (SSSR count). The van der Waals surface area contributed by atoms with Crippen LogP contribution in [-0.2, 0) is 6.54 Å². The van der Waals surface area contributed by atoms with Crippen LogP contribution in [0.1, 0.15) is 12.5 Å². The van der Waals surface area contributed by atoms with Gasteiger partial charge in [0, 0.05) is 31.7 Å². The SMILES string of the molecule is CC1=C(O)C(NCc2ccc3nccnc3c2)=CNC1. The first-order chi connectivity index (χ1) is 9.74. The highest BCUT2D eigenvalue weighted by molar-refractivity contribution is 5.74. The monoisotopic (exact) mass is 268 g/mol. The van der Waals surface area contributed by atoms with Gasteiger partial charge in [-0.25, -0.2) is 0 Å². The van der Waals surface area contributed by atoms with Crippen molar-refractivity contribution in [3.8, 4) is 0 Å². The summed E-state index contributed by atoms with van der Waals surface area (Å²) in [7, 11) is 0. The lowest BCUT2D eigenvalue weighted by Crippen LogP contribution is -2.24. The van der Waals surface area contributed by atoms with E-state index in [0.717, 1.165) is 22.2 Å². The van der Waals surface area contributed by atoms with E-state index < -0.39 is 0 Å². The van der Waals surface area contributed by atoms with E-state index in [0.29, 0.717) is 24.5 Å². The van der Waals surface area contributed by atoms with Gasteiger partial charge in [-0.1, -0.05) is 6.07 Å². The number of nitrogens with one attached hydrogen (secondary N) is 2. The summed E-state index contributed by atoms with van der Waals surface area (Å²) in [6.07, 6.45) is 5.17. The second kappa shape index (κ2) is 5.21. The third kappa shape index (κ3) is 2.42. The predicted molar refractivity (Wildman–Crippen MR) is 77.8 cm³/mol. The quantitative estimate of drug-likeness (QED) is 0.794. The van der Waals surface area contributed by atoms with Gasteiger partial charge in [0.05, 0.1) is 16.7 Å². The molecule has 0 aliphatic carbocycles. The molecule has 0 unspecified atom stereocenters. The van der Waals surface area contributed by atoms with Crippen molar-refractivity contribution < 1.29 is 5.11 Å². The Morgan fingerprint density at radius 1 is 1.25 bits per heavy atom. The molecule has 0 fully saturated rings. The number of hydrogen-bond donors (Lipinski definition) is 3. The maximum Gasteiger partial charge on any atom is 0.140 e. The van der Waals surface area contributed by atoms with Gasteiger partial charge in [0.1, 0.15) is 5.76 Å². The number of nitrogens with zero attached hydrogens (tertiary/aromatic N) is 2. The zero-order valence-electron chi connectivity index (χ0n) is 11.2. The molecule has 3 N–H and O–H groups in total. The minimum atomic E-state index is 0.323. The van der Waals surface area contributed by atoms with E-state index in [-0.39, 0.29) is 0 Å². The average molecular weight is 268 g/mol. The maximum atomic E-state index is 9.97. The van der Waals surface area contributed by atoms with Crippen molar-refractivity contribution in [1.29, 1.82) is 0 Å². The molecule has 2 aromatic rings. The van der Waals surface area contributed by atoms with Crippen LogP contribution in [-0.4, -0.2) is 21.6 Å². The first kappa shape index (κ1) is 12.5.